The normalized spacial score (nSPS) is 20.9. The lowest BCUT2D eigenvalue weighted by molar-refractivity contribution is -0.131. The van der Waals surface area contributed by atoms with E-state index in [0.29, 0.717) is 0 Å². The maximum atomic E-state index is 5.85. The van der Waals surface area contributed by atoms with Crippen LogP contribution < -0.4 is 0 Å². The highest BCUT2D eigenvalue weighted by Crippen LogP contribution is 2.24. The molecule has 19 heavy (non-hydrogen) atoms. The smallest absolute Gasteiger partial charge is 0.169 e. The van der Waals surface area contributed by atoms with E-state index in [-0.39, 0.29) is 12.4 Å². The monoisotopic (exact) mass is 329 g/mol. The largest absolute Gasteiger partial charge is 0.371 e. The highest BCUT2D eigenvalue weighted by atomic mass is 79.9. The van der Waals surface area contributed by atoms with Crippen LogP contribution in [0.5, 0.6) is 0 Å². The molecule has 0 N–H and O–H groups in total. The van der Waals surface area contributed by atoms with Gasteiger partial charge in [0, 0.05) is 38.3 Å². The summed E-state index contributed by atoms with van der Waals surface area (Å²) in [6, 6.07) is 8.27. The van der Waals surface area contributed by atoms with E-state index in [0.717, 1.165) is 30.7 Å². The van der Waals surface area contributed by atoms with Gasteiger partial charge in [0.05, 0.1) is 12.7 Å². The fourth-order valence-corrected chi connectivity index (χ4v) is 2.65. The molecule has 1 aliphatic heterocycles. The van der Waals surface area contributed by atoms with Crippen molar-refractivity contribution in [3.05, 3.63) is 34.3 Å². The van der Waals surface area contributed by atoms with Gasteiger partial charge in [-0.25, -0.2) is 0 Å². The van der Waals surface area contributed by atoms with E-state index in [9.17, 15) is 0 Å². The zero-order valence-corrected chi connectivity index (χ0v) is 12.9. The average Bonchev–Trinajstić information content (AvgIpc) is 2.45. The molecule has 1 atom stereocenters. The fourth-order valence-electron chi connectivity index (χ4n) is 2.23. The van der Waals surface area contributed by atoms with Gasteiger partial charge in [0.1, 0.15) is 0 Å². The number of rotatable bonds is 5. The Morgan fingerprint density at radius 3 is 2.89 bits per heavy atom. The van der Waals surface area contributed by atoms with E-state index in [1.807, 2.05) is 12.1 Å². The van der Waals surface area contributed by atoms with E-state index in [2.05, 4.69) is 33.0 Å². The standard InChI is InChI=1S/C14H20BrNO3/c1-17-14(18-2)10-16-6-7-19-13(9-16)11-4-3-5-12(15)8-11/h3-5,8,13-14H,6-7,9-10H2,1-2H3/t13-/m1/s1. The van der Waals surface area contributed by atoms with Gasteiger partial charge in [0.25, 0.3) is 0 Å². The molecule has 5 heteroatoms. The zero-order valence-electron chi connectivity index (χ0n) is 11.3. The van der Waals surface area contributed by atoms with Crippen molar-refractivity contribution in [2.75, 3.05) is 40.5 Å². The van der Waals surface area contributed by atoms with Gasteiger partial charge in [0.15, 0.2) is 6.29 Å². The van der Waals surface area contributed by atoms with Crippen LogP contribution >= 0.6 is 15.9 Å². The van der Waals surface area contributed by atoms with Crippen LogP contribution in [0.3, 0.4) is 0 Å². The number of nitrogens with zero attached hydrogens (tertiary/aromatic N) is 1. The molecule has 0 spiro atoms. The predicted octanol–water partition coefficient (Wildman–Crippen LogP) is 2.44. The Kier molecular flexibility index (Phi) is 5.78. The second-order valence-corrected chi connectivity index (χ2v) is 5.49. The van der Waals surface area contributed by atoms with Crippen LogP contribution in [0.4, 0.5) is 0 Å². The minimum Gasteiger partial charge on any atom is -0.371 e. The summed E-state index contributed by atoms with van der Waals surface area (Å²) in [5.41, 5.74) is 1.20. The van der Waals surface area contributed by atoms with Crippen LogP contribution in [0.2, 0.25) is 0 Å². The van der Waals surface area contributed by atoms with Crippen LogP contribution in [0.15, 0.2) is 28.7 Å². The number of hydrogen-bond donors (Lipinski definition) is 0. The Morgan fingerprint density at radius 1 is 1.42 bits per heavy atom. The topological polar surface area (TPSA) is 30.9 Å². The van der Waals surface area contributed by atoms with E-state index in [4.69, 9.17) is 14.2 Å². The Hall–Kier alpha value is -0.460. The molecule has 1 fully saturated rings. The number of halogens is 1. The number of hydrogen-bond acceptors (Lipinski definition) is 4. The lowest BCUT2D eigenvalue weighted by atomic mass is 10.1. The van der Waals surface area contributed by atoms with E-state index < -0.39 is 0 Å². The number of benzene rings is 1. The molecule has 0 saturated carbocycles. The van der Waals surface area contributed by atoms with Gasteiger partial charge in [-0.3, -0.25) is 4.90 Å². The quantitative estimate of drug-likeness (QED) is 0.776. The molecule has 0 aromatic heterocycles. The number of ether oxygens (including phenoxy) is 3. The number of morpholine rings is 1. The molecule has 0 amide bonds. The molecule has 0 unspecified atom stereocenters. The van der Waals surface area contributed by atoms with Gasteiger partial charge in [-0.2, -0.15) is 0 Å². The minimum absolute atomic E-state index is 0.112. The van der Waals surface area contributed by atoms with E-state index in [1.165, 1.54) is 5.56 Å². The van der Waals surface area contributed by atoms with Crippen molar-refractivity contribution in [3.63, 3.8) is 0 Å². The summed E-state index contributed by atoms with van der Waals surface area (Å²) in [6.07, 6.45) is -0.0677. The van der Waals surface area contributed by atoms with Crippen molar-refractivity contribution in [2.24, 2.45) is 0 Å². The van der Waals surface area contributed by atoms with Gasteiger partial charge < -0.3 is 14.2 Å². The summed E-state index contributed by atoms with van der Waals surface area (Å²) in [5, 5.41) is 0. The molecule has 1 aromatic rings. The molecule has 0 radical (unpaired) electrons. The molecule has 1 heterocycles. The summed E-state index contributed by atoms with van der Waals surface area (Å²) >= 11 is 3.50. The Morgan fingerprint density at radius 2 is 2.21 bits per heavy atom. The summed E-state index contributed by atoms with van der Waals surface area (Å²) in [4.78, 5) is 2.31. The van der Waals surface area contributed by atoms with E-state index >= 15 is 0 Å². The second-order valence-electron chi connectivity index (χ2n) is 4.57. The molecule has 1 saturated heterocycles. The lowest BCUT2D eigenvalue weighted by Crippen LogP contribution is -2.43. The first-order valence-corrected chi connectivity index (χ1v) is 7.17. The number of methoxy groups -OCH3 is 2. The van der Waals surface area contributed by atoms with Crippen molar-refractivity contribution in [3.8, 4) is 0 Å². The highest BCUT2D eigenvalue weighted by Gasteiger charge is 2.24. The van der Waals surface area contributed by atoms with E-state index in [1.54, 1.807) is 14.2 Å². The molecule has 1 aromatic carbocycles. The molecule has 4 nitrogen and oxygen atoms in total. The first-order chi connectivity index (χ1) is 9.22. The maximum Gasteiger partial charge on any atom is 0.169 e. The molecule has 106 valence electrons. The summed E-state index contributed by atoms with van der Waals surface area (Å²) in [5.74, 6) is 0. The first-order valence-electron chi connectivity index (χ1n) is 6.38. The second kappa shape index (κ2) is 7.36. The summed E-state index contributed by atoms with van der Waals surface area (Å²) in [7, 11) is 3.33. The van der Waals surface area contributed by atoms with Gasteiger partial charge in [-0.1, -0.05) is 28.1 Å². The van der Waals surface area contributed by atoms with Crippen LogP contribution in [0.25, 0.3) is 0 Å². The lowest BCUT2D eigenvalue weighted by Gasteiger charge is -2.34. The van der Waals surface area contributed by atoms with Crippen molar-refractivity contribution in [1.29, 1.82) is 0 Å². The predicted molar refractivity (Wildman–Crippen MR) is 77.1 cm³/mol. The molecule has 1 aliphatic rings. The van der Waals surface area contributed by atoms with Gasteiger partial charge >= 0.3 is 0 Å². The van der Waals surface area contributed by atoms with Gasteiger partial charge in [-0.05, 0) is 17.7 Å². The summed E-state index contributed by atoms with van der Waals surface area (Å²) in [6.45, 7) is 3.27. The van der Waals surface area contributed by atoms with Gasteiger partial charge in [-0.15, -0.1) is 0 Å². The molecular formula is C14H20BrNO3. The third-order valence-electron chi connectivity index (χ3n) is 3.30. The van der Waals surface area contributed by atoms with Crippen LogP contribution in [0, 0.1) is 0 Å². The van der Waals surface area contributed by atoms with Crippen LogP contribution in [-0.4, -0.2) is 51.7 Å². The maximum absolute atomic E-state index is 5.85. The third-order valence-corrected chi connectivity index (χ3v) is 3.80. The zero-order chi connectivity index (χ0) is 13.7. The van der Waals surface area contributed by atoms with Gasteiger partial charge in [0.2, 0.25) is 0 Å². The Bertz CT molecular complexity index is 398. The Balaban J connectivity index is 1.97. The van der Waals surface area contributed by atoms with Crippen LogP contribution in [-0.2, 0) is 14.2 Å². The van der Waals surface area contributed by atoms with Crippen molar-refractivity contribution in [1.82, 2.24) is 4.90 Å². The van der Waals surface area contributed by atoms with Crippen molar-refractivity contribution in [2.45, 2.75) is 12.4 Å². The van der Waals surface area contributed by atoms with Crippen LogP contribution in [0.1, 0.15) is 11.7 Å². The fraction of sp³-hybridized carbons (Fsp3) is 0.571. The molecule has 2 rings (SSSR count). The molecule has 0 bridgehead atoms. The minimum atomic E-state index is -0.179. The highest BCUT2D eigenvalue weighted by molar-refractivity contribution is 9.10. The molecular weight excluding hydrogens is 310 g/mol. The SMILES string of the molecule is COC(CN1CCO[C@@H](c2cccc(Br)c2)C1)OC. The van der Waals surface area contributed by atoms with Crippen molar-refractivity contribution < 1.29 is 14.2 Å². The van der Waals surface area contributed by atoms with Crippen molar-refractivity contribution >= 4 is 15.9 Å². The summed E-state index contributed by atoms with van der Waals surface area (Å²) < 4.78 is 17.4. The Labute approximate surface area is 122 Å². The molecule has 0 aliphatic carbocycles. The average molecular weight is 330 g/mol. The third kappa shape index (κ3) is 4.26. The first kappa shape index (κ1) is 14.9.